The Morgan fingerprint density at radius 3 is 2.52 bits per heavy atom. The summed E-state index contributed by atoms with van der Waals surface area (Å²) in [5, 5.41) is 3.05. The number of nitrogens with one attached hydrogen (secondary N) is 2. The molecule has 1 aromatic carbocycles. The highest BCUT2D eigenvalue weighted by Gasteiger charge is 2.20. The Bertz CT molecular complexity index is 541. The van der Waals surface area contributed by atoms with E-state index in [9.17, 15) is 8.42 Å². The number of benzene rings is 1. The van der Waals surface area contributed by atoms with Gasteiger partial charge in [-0.2, -0.15) is 0 Å². The van der Waals surface area contributed by atoms with E-state index in [1.165, 1.54) is 0 Å². The van der Waals surface area contributed by atoms with E-state index in [-0.39, 0.29) is 6.04 Å². The van der Waals surface area contributed by atoms with E-state index in [1.807, 2.05) is 33.0 Å². The van der Waals surface area contributed by atoms with Crippen molar-refractivity contribution >= 4 is 10.0 Å². The van der Waals surface area contributed by atoms with Gasteiger partial charge in [0.2, 0.25) is 10.0 Å². The molecule has 0 aliphatic carbocycles. The van der Waals surface area contributed by atoms with Crippen LogP contribution in [-0.4, -0.2) is 21.5 Å². The van der Waals surface area contributed by atoms with Crippen LogP contribution in [0.4, 0.5) is 0 Å². The Labute approximate surface area is 129 Å². The fourth-order valence-corrected chi connectivity index (χ4v) is 3.99. The van der Waals surface area contributed by atoms with Gasteiger partial charge in [-0.25, -0.2) is 13.1 Å². The van der Waals surface area contributed by atoms with Crippen LogP contribution in [0, 0.1) is 0 Å². The monoisotopic (exact) mass is 312 g/mol. The lowest BCUT2D eigenvalue weighted by Gasteiger charge is -2.16. The van der Waals surface area contributed by atoms with E-state index < -0.39 is 10.0 Å². The van der Waals surface area contributed by atoms with Gasteiger partial charge in [-0.3, -0.25) is 0 Å². The maximum atomic E-state index is 12.6. The summed E-state index contributed by atoms with van der Waals surface area (Å²) < 4.78 is 28.0. The zero-order chi connectivity index (χ0) is 15.9. The Balaban J connectivity index is 3.02. The van der Waals surface area contributed by atoms with Crippen LogP contribution in [0.3, 0.4) is 0 Å². The Morgan fingerprint density at radius 2 is 1.95 bits per heavy atom. The molecule has 0 amide bonds. The van der Waals surface area contributed by atoms with E-state index >= 15 is 0 Å². The first-order chi connectivity index (χ1) is 9.94. The van der Waals surface area contributed by atoms with Crippen molar-refractivity contribution in [1.29, 1.82) is 0 Å². The van der Waals surface area contributed by atoms with Crippen LogP contribution < -0.4 is 10.0 Å². The van der Waals surface area contributed by atoms with Gasteiger partial charge in [-0.15, -0.1) is 0 Å². The van der Waals surface area contributed by atoms with Crippen molar-refractivity contribution in [2.75, 3.05) is 7.05 Å². The smallest absolute Gasteiger partial charge is 0.241 e. The van der Waals surface area contributed by atoms with Crippen LogP contribution in [0.5, 0.6) is 0 Å². The molecule has 21 heavy (non-hydrogen) atoms. The molecule has 1 unspecified atom stereocenters. The second-order valence-electron chi connectivity index (χ2n) is 5.49. The first-order valence-corrected chi connectivity index (χ1v) is 9.21. The molecular formula is C16H28N2O2S. The van der Waals surface area contributed by atoms with Crippen LogP contribution in [0.15, 0.2) is 23.1 Å². The minimum absolute atomic E-state index is 0.0346. The van der Waals surface area contributed by atoms with Crippen molar-refractivity contribution < 1.29 is 8.42 Å². The number of hydrogen-bond donors (Lipinski definition) is 2. The molecule has 1 rings (SSSR count). The first-order valence-electron chi connectivity index (χ1n) is 7.73. The lowest BCUT2D eigenvalue weighted by Crippen LogP contribution is -2.33. The lowest BCUT2D eigenvalue weighted by atomic mass is 10.1. The molecule has 2 N–H and O–H groups in total. The van der Waals surface area contributed by atoms with E-state index in [0.29, 0.717) is 17.9 Å². The highest BCUT2D eigenvalue weighted by molar-refractivity contribution is 7.89. The molecule has 0 heterocycles. The van der Waals surface area contributed by atoms with Crippen molar-refractivity contribution in [2.45, 2.75) is 63.9 Å². The van der Waals surface area contributed by atoms with Gasteiger partial charge >= 0.3 is 0 Å². The van der Waals surface area contributed by atoms with E-state index in [2.05, 4.69) is 17.0 Å². The summed E-state index contributed by atoms with van der Waals surface area (Å²) in [4.78, 5) is 0.418. The van der Waals surface area contributed by atoms with Crippen molar-refractivity contribution in [3.05, 3.63) is 29.3 Å². The predicted octanol–water partition coefficient (Wildman–Crippen LogP) is 2.83. The van der Waals surface area contributed by atoms with Crippen LogP contribution >= 0.6 is 0 Å². The zero-order valence-corrected chi connectivity index (χ0v) is 14.4. The standard InChI is InChI=1S/C16H28N2O2S/c1-5-7-8-13(3)18-21(19,20)16-11-14(12-17-4)9-10-15(16)6-2/h9-11,13,17-18H,5-8,12H2,1-4H3. The third kappa shape index (κ3) is 5.41. The lowest BCUT2D eigenvalue weighted by molar-refractivity contribution is 0.533. The van der Waals surface area contributed by atoms with Gasteiger partial charge in [0, 0.05) is 12.6 Å². The highest BCUT2D eigenvalue weighted by atomic mass is 32.2. The quantitative estimate of drug-likeness (QED) is 0.737. The van der Waals surface area contributed by atoms with Gasteiger partial charge in [0.25, 0.3) is 0 Å². The number of aryl methyl sites for hydroxylation is 1. The van der Waals surface area contributed by atoms with Gasteiger partial charge in [0.1, 0.15) is 0 Å². The van der Waals surface area contributed by atoms with Gasteiger partial charge in [0.05, 0.1) is 4.90 Å². The molecule has 0 spiro atoms. The van der Waals surface area contributed by atoms with E-state index in [0.717, 1.165) is 30.4 Å². The largest absolute Gasteiger partial charge is 0.316 e. The Kier molecular flexibility index (Phi) is 7.35. The van der Waals surface area contributed by atoms with Crippen molar-refractivity contribution in [3.63, 3.8) is 0 Å². The molecule has 0 radical (unpaired) electrons. The topological polar surface area (TPSA) is 58.2 Å². The molecule has 0 aromatic heterocycles. The molecule has 5 heteroatoms. The molecule has 0 saturated carbocycles. The minimum atomic E-state index is -3.45. The molecule has 0 saturated heterocycles. The van der Waals surface area contributed by atoms with Crippen LogP contribution in [0.1, 0.15) is 51.2 Å². The Hall–Kier alpha value is -0.910. The molecule has 1 aromatic rings. The SMILES string of the molecule is CCCCC(C)NS(=O)(=O)c1cc(CNC)ccc1CC. The average Bonchev–Trinajstić information content (AvgIpc) is 2.45. The fraction of sp³-hybridized carbons (Fsp3) is 0.625. The Morgan fingerprint density at radius 1 is 1.24 bits per heavy atom. The molecule has 0 aliphatic heterocycles. The van der Waals surface area contributed by atoms with E-state index in [1.54, 1.807) is 6.07 Å². The van der Waals surface area contributed by atoms with Gasteiger partial charge in [0.15, 0.2) is 0 Å². The summed E-state index contributed by atoms with van der Waals surface area (Å²) in [7, 11) is -1.60. The van der Waals surface area contributed by atoms with E-state index in [4.69, 9.17) is 0 Å². The van der Waals surface area contributed by atoms with Gasteiger partial charge in [-0.05, 0) is 44.0 Å². The second kappa shape index (κ2) is 8.51. The molecule has 0 fully saturated rings. The predicted molar refractivity (Wildman–Crippen MR) is 87.9 cm³/mol. The second-order valence-corrected chi connectivity index (χ2v) is 7.17. The van der Waals surface area contributed by atoms with Crippen molar-refractivity contribution in [1.82, 2.24) is 10.0 Å². The van der Waals surface area contributed by atoms with Crippen LogP contribution in [-0.2, 0) is 23.0 Å². The molecule has 1 atom stereocenters. The fourth-order valence-electron chi connectivity index (χ4n) is 2.35. The number of hydrogen-bond acceptors (Lipinski definition) is 3. The maximum absolute atomic E-state index is 12.6. The molecule has 4 nitrogen and oxygen atoms in total. The normalized spacial score (nSPS) is 13.3. The maximum Gasteiger partial charge on any atom is 0.241 e. The highest BCUT2D eigenvalue weighted by Crippen LogP contribution is 2.19. The van der Waals surface area contributed by atoms with Gasteiger partial charge < -0.3 is 5.32 Å². The molecule has 0 aliphatic rings. The van der Waals surface area contributed by atoms with Crippen LogP contribution in [0.25, 0.3) is 0 Å². The summed E-state index contributed by atoms with van der Waals surface area (Å²) >= 11 is 0. The summed E-state index contributed by atoms with van der Waals surface area (Å²) in [5.74, 6) is 0. The number of unbranched alkanes of at least 4 members (excludes halogenated alkanes) is 1. The third-order valence-electron chi connectivity index (χ3n) is 3.53. The molecule has 120 valence electrons. The molecular weight excluding hydrogens is 284 g/mol. The summed E-state index contributed by atoms with van der Waals surface area (Å²) in [6.07, 6.45) is 3.68. The summed E-state index contributed by atoms with van der Waals surface area (Å²) in [5.41, 5.74) is 1.85. The molecule has 0 bridgehead atoms. The third-order valence-corrected chi connectivity index (χ3v) is 5.20. The minimum Gasteiger partial charge on any atom is -0.316 e. The first kappa shape index (κ1) is 18.1. The zero-order valence-electron chi connectivity index (χ0n) is 13.6. The summed E-state index contributed by atoms with van der Waals surface area (Å²) in [6, 6.07) is 5.64. The number of sulfonamides is 1. The average molecular weight is 312 g/mol. The van der Waals surface area contributed by atoms with Crippen molar-refractivity contribution in [3.8, 4) is 0 Å². The van der Waals surface area contributed by atoms with Crippen LogP contribution in [0.2, 0.25) is 0 Å². The number of rotatable bonds is 9. The summed E-state index contributed by atoms with van der Waals surface area (Å²) in [6.45, 7) is 6.68. The van der Waals surface area contributed by atoms with Gasteiger partial charge in [-0.1, -0.05) is 38.8 Å². The van der Waals surface area contributed by atoms with Crippen molar-refractivity contribution in [2.24, 2.45) is 0 Å².